The van der Waals surface area contributed by atoms with E-state index in [0.717, 1.165) is 25.5 Å². The van der Waals surface area contributed by atoms with Crippen LogP contribution in [0, 0.1) is 5.92 Å². The maximum atomic E-state index is 10.5. The highest BCUT2D eigenvalue weighted by Gasteiger charge is 2.19. The summed E-state index contributed by atoms with van der Waals surface area (Å²) in [7, 11) is -0.933. The molecule has 0 aromatic rings. The van der Waals surface area contributed by atoms with Gasteiger partial charge in [0, 0.05) is 14.0 Å². The van der Waals surface area contributed by atoms with Crippen LogP contribution in [0.5, 0.6) is 0 Å². The summed E-state index contributed by atoms with van der Waals surface area (Å²) >= 11 is 0. The van der Waals surface area contributed by atoms with Gasteiger partial charge in [-0.05, 0) is 25.3 Å². The summed E-state index contributed by atoms with van der Waals surface area (Å²) in [6, 6.07) is 1.32. The summed E-state index contributed by atoms with van der Waals surface area (Å²) < 4.78 is 0. The van der Waals surface area contributed by atoms with Gasteiger partial charge in [0.15, 0.2) is 0 Å². The molecule has 1 atom stereocenters. The summed E-state index contributed by atoms with van der Waals surface area (Å²) in [5.74, 6) is 0.311. The lowest BCUT2D eigenvalue weighted by Gasteiger charge is -2.23. The second-order valence-corrected chi connectivity index (χ2v) is 10.7. The van der Waals surface area contributed by atoms with E-state index in [1.54, 1.807) is 5.57 Å². The molecule has 74 valence electrons. The molecule has 0 spiro atoms. The average molecular weight is 196 g/mol. The van der Waals surface area contributed by atoms with E-state index in [1.807, 2.05) is 0 Å². The van der Waals surface area contributed by atoms with Crippen LogP contribution in [0.25, 0.3) is 0 Å². The molecule has 0 saturated heterocycles. The lowest BCUT2D eigenvalue weighted by molar-refractivity contribution is -0.111. The van der Waals surface area contributed by atoms with Crippen molar-refractivity contribution in [3.05, 3.63) is 11.6 Å². The second kappa shape index (κ2) is 4.23. The van der Waals surface area contributed by atoms with E-state index in [0.29, 0.717) is 5.92 Å². The zero-order valence-electron chi connectivity index (χ0n) is 8.97. The van der Waals surface area contributed by atoms with Crippen LogP contribution in [-0.2, 0) is 4.79 Å². The van der Waals surface area contributed by atoms with Gasteiger partial charge in [0.2, 0.25) is 0 Å². The lowest BCUT2D eigenvalue weighted by atomic mass is 9.91. The normalized spacial score (nSPS) is 23.9. The fourth-order valence-corrected chi connectivity index (χ4v) is 3.56. The Bertz CT molecular complexity index is 213. The number of allylic oxidation sites excluding steroid dienone is 2. The van der Waals surface area contributed by atoms with Crippen LogP contribution >= 0.6 is 0 Å². The molecule has 0 amide bonds. The van der Waals surface area contributed by atoms with E-state index in [2.05, 4.69) is 25.7 Å². The van der Waals surface area contributed by atoms with E-state index in [-0.39, 0.29) is 0 Å². The smallest absolute Gasteiger partial charge is 0.123 e. The number of hydrogen-bond donors (Lipinski definition) is 0. The number of rotatable bonds is 3. The number of aldehydes is 1. The van der Waals surface area contributed by atoms with Gasteiger partial charge in [-0.15, -0.1) is 0 Å². The summed E-state index contributed by atoms with van der Waals surface area (Å²) in [6.45, 7) is 7.21. The molecule has 1 rings (SSSR count). The largest absolute Gasteiger partial charge is 0.303 e. The minimum atomic E-state index is -0.933. The molecule has 1 aliphatic rings. The number of carbonyl (C=O) groups is 1. The van der Waals surface area contributed by atoms with E-state index in [4.69, 9.17) is 0 Å². The van der Waals surface area contributed by atoms with E-state index >= 15 is 0 Å². The quantitative estimate of drug-likeness (QED) is 0.385. The van der Waals surface area contributed by atoms with Gasteiger partial charge in [0.1, 0.15) is 6.29 Å². The van der Waals surface area contributed by atoms with Crippen molar-refractivity contribution in [1.82, 2.24) is 0 Å². The minimum absolute atomic E-state index is 0.311. The molecule has 1 nitrogen and oxygen atoms in total. The molecule has 13 heavy (non-hydrogen) atoms. The van der Waals surface area contributed by atoms with Crippen LogP contribution in [0.15, 0.2) is 11.6 Å². The summed E-state index contributed by atoms with van der Waals surface area (Å²) in [5, 5.41) is 0. The Morgan fingerprint density at radius 1 is 1.54 bits per heavy atom. The highest BCUT2D eigenvalue weighted by atomic mass is 28.3. The van der Waals surface area contributed by atoms with Crippen molar-refractivity contribution in [2.24, 2.45) is 5.92 Å². The molecule has 0 aliphatic heterocycles. The SMILES string of the molecule is C[Si](C)(C)CC1=CCC(C=O)CC1. The molecule has 0 fully saturated rings. The summed E-state index contributed by atoms with van der Waals surface area (Å²) in [5.41, 5.74) is 1.61. The van der Waals surface area contributed by atoms with Gasteiger partial charge in [-0.3, -0.25) is 0 Å². The third kappa shape index (κ3) is 3.90. The Balaban J connectivity index is 2.46. The van der Waals surface area contributed by atoms with Crippen molar-refractivity contribution in [2.45, 2.75) is 44.9 Å². The first-order chi connectivity index (χ1) is 6.01. The van der Waals surface area contributed by atoms with Gasteiger partial charge in [-0.1, -0.05) is 31.3 Å². The Morgan fingerprint density at radius 3 is 2.62 bits per heavy atom. The maximum absolute atomic E-state index is 10.5. The van der Waals surface area contributed by atoms with E-state index < -0.39 is 8.07 Å². The standard InChI is InChI=1S/C11H20OSi/c1-13(2,3)9-11-6-4-10(8-12)5-7-11/h6,8,10H,4-5,7,9H2,1-3H3. The Kier molecular flexibility index (Phi) is 3.48. The van der Waals surface area contributed by atoms with Crippen molar-refractivity contribution in [3.8, 4) is 0 Å². The predicted molar refractivity (Wildman–Crippen MR) is 59.6 cm³/mol. The summed E-state index contributed by atoms with van der Waals surface area (Å²) in [6.07, 6.45) is 6.65. The van der Waals surface area contributed by atoms with Crippen molar-refractivity contribution >= 4 is 14.4 Å². The fourth-order valence-electron chi connectivity index (χ4n) is 1.87. The molecule has 0 heterocycles. The van der Waals surface area contributed by atoms with Crippen LogP contribution in [-0.4, -0.2) is 14.4 Å². The first-order valence-corrected chi connectivity index (χ1v) is 8.85. The van der Waals surface area contributed by atoms with Crippen LogP contribution in [0.2, 0.25) is 25.7 Å². The first-order valence-electron chi connectivity index (χ1n) is 5.14. The van der Waals surface area contributed by atoms with Crippen LogP contribution in [0.1, 0.15) is 19.3 Å². The summed E-state index contributed by atoms with van der Waals surface area (Å²) in [4.78, 5) is 10.5. The average Bonchev–Trinajstić information content (AvgIpc) is 2.03. The molecular weight excluding hydrogens is 176 g/mol. The van der Waals surface area contributed by atoms with Crippen LogP contribution < -0.4 is 0 Å². The van der Waals surface area contributed by atoms with E-state index in [1.165, 1.54) is 6.04 Å². The van der Waals surface area contributed by atoms with Gasteiger partial charge in [0.05, 0.1) is 0 Å². The first kappa shape index (κ1) is 10.7. The van der Waals surface area contributed by atoms with Crippen LogP contribution in [0.4, 0.5) is 0 Å². The van der Waals surface area contributed by atoms with Gasteiger partial charge >= 0.3 is 0 Å². The predicted octanol–water partition coefficient (Wildman–Crippen LogP) is 3.25. The number of carbonyl (C=O) groups excluding carboxylic acids is 1. The monoisotopic (exact) mass is 196 g/mol. The molecular formula is C11H20OSi. The Labute approximate surface area is 82.2 Å². The Morgan fingerprint density at radius 2 is 2.23 bits per heavy atom. The van der Waals surface area contributed by atoms with Gasteiger partial charge in [-0.25, -0.2) is 0 Å². The second-order valence-electron chi connectivity index (χ2n) is 5.27. The Hall–Kier alpha value is -0.373. The fraction of sp³-hybridized carbons (Fsp3) is 0.727. The minimum Gasteiger partial charge on any atom is -0.303 e. The highest BCUT2D eigenvalue weighted by molar-refractivity contribution is 6.76. The highest BCUT2D eigenvalue weighted by Crippen LogP contribution is 2.28. The molecule has 0 saturated carbocycles. The zero-order chi connectivity index (χ0) is 9.90. The van der Waals surface area contributed by atoms with Crippen molar-refractivity contribution in [2.75, 3.05) is 0 Å². The molecule has 1 aliphatic carbocycles. The molecule has 0 N–H and O–H groups in total. The van der Waals surface area contributed by atoms with Crippen molar-refractivity contribution in [3.63, 3.8) is 0 Å². The third-order valence-electron chi connectivity index (χ3n) is 2.50. The van der Waals surface area contributed by atoms with Gasteiger partial charge in [-0.2, -0.15) is 0 Å². The number of hydrogen-bond acceptors (Lipinski definition) is 1. The third-order valence-corrected chi connectivity index (χ3v) is 4.01. The van der Waals surface area contributed by atoms with E-state index in [9.17, 15) is 4.79 Å². The zero-order valence-corrected chi connectivity index (χ0v) is 9.97. The molecule has 0 bridgehead atoms. The molecule has 2 heteroatoms. The molecule has 0 aromatic carbocycles. The lowest BCUT2D eigenvalue weighted by Crippen LogP contribution is -2.21. The molecule has 0 radical (unpaired) electrons. The van der Waals surface area contributed by atoms with Gasteiger partial charge < -0.3 is 4.79 Å². The van der Waals surface area contributed by atoms with Gasteiger partial charge in [0.25, 0.3) is 0 Å². The molecule has 1 unspecified atom stereocenters. The van der Waals surface area contributed by atoms with Crippen molar-refractivity contribution < 1.29 is 4.79 Å². The maximum Gasteiger partial charge on any atom is 0.123 e. The topological polar surface area (TPSA) is 17.1 Å². The van der Waals surface area contributed by atoms with Crippen molar-refractivity contribution in [1.29, 1.82) is 0 Å². The van der Waals surface area contributed by atoms with Crippen LogP contribution in [0.3, 0.4) is 0 Å². The molecule has 0 aromatic heterocycles.